The Morgan fingerprint density at radius 3 is 2.10 bits per heavy atom. The highest BCUT2D eigenvalue weighted by molar-refractivity contribution is 6.52. The van der Waals surface area contributed by atoms with Gasteiger partial charge < -0.3 is 14.6 Å². The Labute approximate surface area is 250 Å². The summed E-state index contributed by atoms with van der Waals surface area (Å²) in [6.45, 7) is 17.5. The molecule has 0 aromatic heterocycles. The molecule has 4 rings (SSSR count). The van der Waals surface area contributed by atoms with Crippen LogP contribution in [-0.4, -0.2) is 30.0 Å². The predicted octanol–water partition coefficient (Wildman–Crippen LogP) is 8.10. The fourth-order valence-electron chi connectivity index (χ4n) is 5.25. The molecule has 1 aliphatic heterocycles. The SMILES string of the molecule is CCCOc1ccccc1N1C(=O)C(=O)/C(=C(\O)c2ccc(OCC)c(C(C)(C)C)c2)C1c1ccc(C(C)(C)C)cc1. The molecule has 1 heterocycles. The van der Waals surface area contributed by atoms with E-state index in [2.05, 4.69) is 41.5 Å². The average molecular weight is 570 g/mol. The third kappa shape index (κ3) is 6.08. The molecule has 1 aliphatic rings. The number of benzene rings is 3. The van der Waals surface area contributed by atoms with Crippen molar-refractivity contribution < 1.29 is 24.2 Å². The molecule has 0 spiro atoms. The number of hydrogen-bond acceptors (Lipinski definition) is 5. The minimum Gasteiger partial charge on any atom is -0.507 e. The van der Waals surface area contributed by atoms with Crippen molar-refractivity contribution in [2.24, 2.45) is 0 Å². The number of hydrogen-bond donors (Lipinski definition) is 1. The van der Waals surface area contributed by atoms with Gasteiger partial charge >= 0.3 is 0 Å². The summed E-state index contributed by atoms with van der Waals surface area (Å²) in [6.07, 6.45) is 0.790. The van der Waals surface area contributed by atoms with E-state index in [0.717, 1.165) is 28.9 Å². The number of para-hydroxylation sites is 2. The van der Waals surface area contributed by atoms with Crippen LogP contribution >= 0.6 is 0 Å². The molecule has 42 heavy (non-hydrogen) atoms. The number of aliphatic hydroxyl groups is 1. The summed E-state index contributed by atoms with van der Waals surface area (Å²) < 4.78 is 11.9. The number of rotatable bonds is 8. The zero-order valence-corrected chi connectivity index (χ0v) is 26.1. The molecule has 1 unspecified atom stereocenters. The lowest BCUT2D eigenvalue weighted by molar-refractivity contribution is -0.132. The normalized spacial score (nSPS) is 17.0. The van der Waals surface area contributed by atoms with Crippen molar-refractivity contribution in [3.05, 3.63) is 94.6 Å². The first-order valence-electron chi connectivity index (χ1n) is 14.7. The number of anilines is 1. The van der Waals surface area contributed by atoms with Gasteiger partial charge in [0, 0.05) is 11.1 Å². The number of ether oxygens (including phenoxy) is 2. The maximum Gasteiger partial charge on any atom is 0.300 e. The van der Waals surface area contributed by atoms with Crippen LogP contribution in [0.4, 0.5) is 5.69 Å². The summed E-state index contributed by atoms with van der Waals surface area (Å²) in [4.78, 5) is 29.1. The minimum absolute atomic E-state index is 0.0397. The van der Waals surface area contributed by atoms with Crippen LogP contribution < -0.4 is 14.4 Å². The van der Waals surface area contributed by atoms with Gasteiger partial charge in [-0.1, -0.05) is 84.9 Å². The topological polar surface area (TPSA) is 76.1 Å². The summed E-state index contributed by atoms with van der Waals surface area (Å²) in [6, 6.07) is 19.7. The maximum atomic E-state index is 13.8. The van der Waals surface area contributed by atoms with Gasteiger partial charge in [0.1, 0.15) is 17.3 Å². The van der Waals surface area contributed by atoms with Crippen molar-refractivity contribution in [2.45, 2.75) is 78.7 Å². The van der Waals surface area contributed by atoms with E-state index < -0.39 is 17.7 Å². The quantitative estimate of drug-likeness (QED) is 0.169. The van der Waals surface area contributed by atoms with Crippen LogP contribution in [0.15, 0.2) is 72.3 Å². The lowest BCUT2D eigenvalue weighted by Crippen LogP contribution is -2.30. The highest BCUT2D eigenvalue weighted by Crippen LogP contribution is 2.46. The molecule has 1 saturated heterocycles. The molecule has 0 radical (unpaired) electrons. The van der Waals surface area contributed by atoms with Crippen molar-refractivity contribution in [2.75, 3.05) is 18.1 Å². The molecular weight excluding hydrogens is 526 g/mol. The first kappa shape index (κ1) is 30.9. The van der Waals surface area contributed by atoms with Crippen LogP contribution in [0.3, 0.4) is 0 Å². The second-order valence-electron chi connectivity index (χ2n) is 12.8. The Morgan fingerprint density at radius 1 is 0.833 bits per heavy atom. The first-order valence-corrected chi connectivity index (χ1v) is 14.7. The first-order chi connectivity index (χ1) is 19.8. The van der Waals surface area contributed by atoms with Gasteiger partial charge in [-0.3, -0.25) is 14.5 Å². The third-order valence-electron chi connectivity index (χ3n) is 7.48. The van der Waals surface area contributed by atoms with E-state index in [1.807, 2.05) is 62.4 Å². The average Bonchev–Trinajstić information content (AvgIpc) is 3.21. The van der Waals surface area contributed by atoms with E-state index in [1.54, 1.807) is 18.2 Å². The molecule has 0 aliphatic carbocycles. The van der Waals surface area contributed by atoms with E-state index in [0.29, 0.717) is 30.2 Å². The highest BCUT2D eigenvalue weighted by Gasteiger charge is 2.48. The second-order valence-corrected chi connectivity index (χ2v) is 12.8. The molecule has 3 aromatic carbocycles. The molecule has 0 saturated carbocycles. The van der Waals surface area contributed by atoms with Gasteiger partial charge in [-0.15, -0.1) is 0 Å². The Kier molecular flexibility index (Phi) is 8.86. The van der Waals surface area contributed by atoms with Crippen molar-refractivity contribution in [1.82, 2.24) is 0 Å². The fraction of sp³-hybridized carbons (Fsp3) is 0.389. The third-order valence-corrected chi connectivity index (χ3v) is 7.48. The van der Waals surface area contributed by atoms with Gasteiger partial charge in [0.05, 0.1) is 30.5 Å². The zero-order valence-electron chi connectivity index (χ0n) is 26.1. The van der Waals surface area contributed by atoms with Crippen molar-refractivity contribution in [1.29, 1.82) is 0 Å². The smallest absolute Gasteiger partial charge is 0.300 e. The number of aliphatic hydroxyl groups excluding tert-OH is 1. The summed E-state index contributed by atoms with van der Waals surface area (Å²) in [7, 11) is 0. The van der Waals surface area contributed by atoms with E-state index in [1.165, 1.54) is 4.90 Å². The lowest BCUT2D eigenvalue weighted by atomic mass is 9.84. The van der Waals surface area contributed by atoms with E-state index >= 15 is 0 Å². The Morgan fingerprint density at radius 2 is 1.50 bits per heavy atom. The second kappa shape index (κ2) is 12.0. The molecule has 0 bridgehead atoms. The molecule has 1 amide bonds. The summed E-state index contributed by atoms with van der Waals surface area (Å²) in [5.41, 5.74) is 3.35. The van der Waals surface area contributed by atoms with Gasteiger partial charge in [-0.25, -0.2) is 0 Å². The number of amides is 1. The standard InChI is InChI=1S/C36H43NO5/c1-9-21-42-29-14-12-11-13-27(29)37-31(23-15-18-25(19-16-23)35(3,4)5)30(33(39)34(37)40)32(38)24-17-20-28(41-10-2)26(22-24)36(6,7)8/h11-20,22,31,38H,9-10,21H2,1-8H3/b32-30-. The van der Waals surface area contributed by atoms with Crippen molar-refractivity contribution in [3.63, 3.8) is 0 Å². The minimum atomic E-state index is -0.852. The van der Waals surface area contributed by atoms with Crippen LogP contribution in [0.5, 0.6) is 11.5 Å². The summed E-state index contributed by atoms with van der Waals surface area (Å²) >= 11 is 0. The van der Waals surface area contributed by atoms with Crippen LogP contribution in [0.25, 0.3) is 5.76 Å². The number of ketones is 1. The van der Waals surface area contributed by atoms with Crippen LogP contribution in [-0.2, 0) is 20.4 Å². The van der Waals surface area contributed by atoms with E-state index in [9.17, 15) is 14.7 Å². The van der Waals surface area contributed by atoms with Crippen LogP contribution in [0, 0.1) is 0 Å². The number of carbonyl (C=O) groups is 2. The maximum absolute atomic E-state index is 13.8. The predicted molar refractivity (Wildman–Crippen MR) is 168 cm³/mol. The van der Waals surface area contributed by atoms with E-state index in [4.69, 9.17) is 9.47 Å². The number of Topliss-reactive ketones (excluding diaryl/α,β-unsaturated/α-hetero) is 1. The molecule has 1 N–H and O–H groups in total. The van der Waals surface area contributed by atoms with Gasteiger partial charge in [0.2, 0.25) is 0 Å². The van der Waals surface area contributed by atoms with Crippen LogP contribution in [0.2, 0.25) is 0 Å². The molecule has 1 fully saturated rings. The monoisotopic (exact) mass is 569 g/mol. The highest BCUT2D eigenvalue weighted by atomic mass is 16.5. The summed E-state index contributed by atoms with van der Waals surface area (Å²) in [5, 5.41) is 11.8. The Balaban J connectivity index is 1.96. The van der Waals surface area contributed by atoms with Gasteiger partial charge in [0.15, 0.2) is 0 Å². The van der Waals surface area contributed by atoms with Crippen molar-refractivity contribution >= 4 is 23.1 Å². The summed E-state index contributed by atoms with van der Waals surface area (Å²) in [5.74, 6) is -0.446. The molecular formula is C36H43NO5. The number of carbonyl (C=O) groups excluding carboxylic acids is 2. The van der Waals surface area contributed by atoms with Gasteiger partial charge in [-0.2, -0.15) is 0 Å². The van der Waals surface area contributed by atoms with E-state index in [-0.39, 0.29) is 22.2 Å². The largest absolute Gasteiger partial charge is 0.507 e. The Bertz CT molecular complexity index is 1490. The molecule has 3 aromatic rings. The molecule has 6 nitrogen and oxygen atoms in total. The molecule has 1 atom stereocenters. The zero-order chi connectivity index (χ0) is 30.8. The van der Waals surface area contributed by atoms with Gasteiger partial charge in [-0.05, 0) is 65.6 Å². The Hall–Kier alpha value is -4.06. The fourth-order valence-corrected chi connectivity index (χ4v) is 5.25. The van der Waals surface area contributed by atoms with Crippen molar-refractivity contribution in [3.8, 4) is 11.5 Å². The number of nitrogens with zero attached hydrogens (tertiary/aromatic N) is 1. The lowest BCUT2D eigenvalue weighted by Gasteiger charge is -2.28. The van der Waals surface area contributed by atoms with Crippen LogP contribution in [0.1, 0.15) is 90.1 Å². The molecule has 6 heteroatoms. The molecule has 222 valence electrons. The van der Waals surface area contributed by atoms with Gasteiger partial charge in [0.25, 0.3) is 11.7 Å².